The zero-order chi connectivity index (χ0) is 20.1. The van der Waals surface area contributed by atoms with E-state index in [1.165, 1.54) is 17.5 Å². The fourth-order valence-electron chi connectivity index (χ4n) is 4.80. The van der Waals surface area contributed by atoms with Gasteiger partial charge in [-0.1, -0.05) is 18.6 Å². The first-order chi connectivity index (χ1) is 14.2. The molecular weight excluding hydrogens is 364 g/mol. The molecule has 0 radical (unpaired) electrons. The van der Waals surface area contributed by atoms with Crippen molar-refractivity contribution < 1.29 is 0 Å². The molecule has 6 nitrogen and oxygen atoms in total. The Morgan fingerprint density at radius 2 is 1.21 bits per heavy atom. The van der Waals surface area contributed by atoms with Crippen molar-refractivity contribution in [1.82, 2.24) is 20.6 Å². The topological polar surface area (TPSA) is 89.8 Å². The van der Waals surface area contributed by atoms with E-state index in [-0.39, 0.29) is 11.1 Å². The van der Waals surface area contributed by atoms with Crippen molar-refractivity contribution in [1.29, 1.82) is 0 Å². The third-order valence-electron chi connectivity index (χ3n) is 6.30. The normalized spacial score (nSPS) is 20.8. The molecule has 2 aliphatic rings. The van der Waals surface area contributed by atoms with Crippen molar-refractivity contribution in [3.05, 3.63) is 67.5 Å². The Bertz CT molecular complexity index is 857. The van der Waals surface area contributed by atoms with Crippen molar-refractivity contribution >= 4 is 0 Å². The second-order valence-corrected chi connectivity index (χ2v) is 8.37. The monoisotopic (exact) mass is 396 g/mol. The Kier molecular flexibility index (Phi) is 6.62. The predicted molar refractivity (Wildman–Crippen MR) is 115 cm³/mol. The Morgan fingerprint density at radius 3 is 1.69 bits per heavy atom. The summed E-state index contributed by atoms with van der Waals surface area (Å²) in [5, 5.41) is 7.36. The molecule has 0 unspecified atom stereocenters. The fraction of sp³-hybridized carbons (Fsp3) is 0.565. The highest BCUT2D eigenvalue weighted by molar-refractivity contribution is 5.27. The number of nitrogens with one attached hydrogen (secondary N) is 4. The van der Waals surface area contributed by atoms with E-state index >= 15 is 0 Å². The van der Waals surface area contributed by atoms with Crippen LogP contribution in [0.2, 0.25) is 0 Å². The Balaban J connectivity index is 1.16. The maximum Gasteiger partial charge on any atom is 0.248 e. The standard InChI is InChI=1S/C23H32N4O2/c28-22-12-10-16-18(6-4-8-20(16)26-22)24-14-2-1-3-15-25-19-7-5-9-21-17(19)11-13-23(29)27-21/h10-13,18-19,24-25H,1-9,14-15H2,(H,26,28)(H,27,29)/t18-,19-/m0/s1. The highest BCUT2D eigenvalue weighted by Crippen LogP contribution is 2.28. The highest BCUT2D eigenvalue weighted by atomic mass is 16.1. The maximum absolute atomic E-state index is 11.5. The molecule has 0 aliphatic heterocycles. The molecule has 4 rings (SSSR count). The molecule has 0 aromatic carbocycles. The lowest BCUT2D eigenvalue weighted by atomic mass is 9.91. The number of unbranched alkanes of at least 4 members (excludes halogenated alkanes) is 2. The van der Waals surface area contributed by atoms with Gasteiger partial charge in [0, 0.05) is 35.6 Å². The van der Waals surface area contributed by atoms with Gasteiger partial charge in [0.2, 0.25) is 11.1 Å². The summed E-state index contributed by atoms with van der Waals surface area (Å²) < 4.78 is 0. The van der Waals surface area contributed by atoms with E-state index in [4.69, 9.17) is 0 Å². The molecule has 0 spiro atoms. The summed E-state index contributed by atoms with van der Waals surface area (Å²) in [6.45, 7) is 2.02. The number of aryl methyl sites for hydroxylation is 2. The number of pyridine rings is 2. The minimum atomic E-state index is 0.00356. The van der Waals surface area contributed by atoms with Crippen LogP contribution in [0.5, 0.6) is 0 Å². The SMILES string of the molecule is O=c1ccc2c([nH]1)CCC[C@@H]2NCCCCCN[C@H]1CCCc2[nH]c(=O)ccc21. The van der Waals surface area contributed by atoms with Crippen LogP contribution in [-0.4, -0.2) is 23.1 Å². The summed E-state index contributed by atoms with van der Waals surface area (Å²) in [7, 11) is 0. The lowest BCUT2D eigenvalue weighted by Gasteiger charge is -2.26. The number of aromatic amines is 2. The van der Waals surface area contributed by atoms with Crippen molar-refractivity contribution in [2.45, 2.75) is 69.9 Å². The molecule has 0 bridgehead atoms. The van der Waals surface area contributed by atoms with Gasteiger partial charge in [-0.2, -0.15) is 0 Å². The molecule has 6 heteroatoms. The van der Waals surface area contributed by atoms with E-state index in [9.17, 15) is 9.59 Å². The Labute approximate surface area is 171 Å². The minimum absolute atomic E-state index is 0.00356. The van der Waals surface area contributed by atoms with Crippen molar-refractivity contribution in [3.63, 3.8) is 0 Å². The number of aromatic nitrogens is 2. The summed E-state index contributed by atoms with van der Waals surface area (Å²) in [5.74, 6) is 0. The molecule has 156 valence electrons. The molecule has 2 aliphatic carbocycles. The zero-order valence-corrected chi connectivity index (χ0v) is 17.1. The van der Waals surface area contributed by atoms with E-state index in [0.717, 1.165) is 75.8 Å². The van der Waals surface area contributed by atoms with Gasteiger partial charge in [-0.25, -0.2) is 0 Å². The molecule has 2 aromatic heterocycles. The summed E-state index contributed by atoms with van der Waals surface area (Å²) in [4.78, 5) is 29.0. The summed E-state index contributed by atoms with van der Waals surface area (Å²) in [6.07, 6.45) is 10.0. The van der Waals surface area contributed by atoms with Gasteiger partial charge in [0.05, 0.1) is 0 Å². The Hall–Kier alpha value is -2.18. The van der Waals surface area contributed by atoms with Gasteiger partial charge >= 0.3 is 0 Å². The highest BCUT2D eigenvalue weighted by Gasteiger charge is 2.21. The number of hydrogen-bond donors (Lipinski definition) is 4. The molecule has 0 amide bonds. The smallest absolute Gasteiger partial charge is 0.248 e. The van der Waals surface area contributed by atoms with Crippen molar-refractivity contribution in [2.24, 2.45) is 0 Å². The first-order valence-electron chi connectivity index (χ1n) is 11.1. The largest absolute Gasteiger partial charge is 0.326 e. The molecule has 2 atom stereocenters. The number of fused-ring (bicyclic) bond motifs is 2. The van der Waals surface area contributed by atoms with Crippen LogP contribution >= 0.6 is 0 Å². The molecular formula is C23H32N4O2. The van der Waals surface area contributed by atoms with Crippen molar-refractivity contribution in [3.8, 4) is 0 Å². The first kappa shape index (κ1) is 20.1. The van der Waals surface area contributed by atoms with Gasteiger partial charge < -0.3 is 20.6 Å². The zero-order valence-electron chi connectivity index (χ0n) is 17.1. The maximum atomic E-state index is 11.5. The third-order valence-corrected chi connectivity index (χ3v) is 6.30. The molecule has 2 heterocycles. The van der Waals surface area contributed by atoms with E-state index in [1.54, 1.807) is 12.1 Å². The first-order valence-corrected chi connectivity index (χ1v) is 11.1. The van der Waals surface area contributed by atoms with Gasteiger partial charge in [0.1, 0.15) is 0 Å². The molecule has 2 aromatic rings. The van der Waals surface area contributed by atoms with Crippen LogP contribution in [0.3, 0.4) is 0 Å². The molecule has 29 heavy (non-hydrogen) atoms. The van der Waals surface area contributed by atoms with Crippen LogP contribution in [0.15, 0.2) is 33.9 Å². The molecule has 0 saturated carbocycles. The van der Waals surface area contributed by atoms with Crippen LogP contribution in [0.1, 0.15) is 79.5 Å². The number of H-pyrrole nitrogens is 2. The van der Waals surface area contributed by atoms with Gasteiger partial charge in [-0.3, -0.25) is 9.59 Å². The second-order valence-electron chi connectivity index (χ2n) is 8.37. The molecule has 4 N–H and O–H groups in total. The van der Waals surface area contributed by atoms with E-state index in [1.807, 2.05) is 12.1 Å². The average molecular weight is 397 g/mol. The van der Waals surface area contributed by atoms with Gasteiger partial charge in [-0.15, -0.1) is 0 Å². The predicted octanol–water partition coefficient (Wildman–Crippen LogP) is 2.87. The van der Waals surface area contributed by atoms with Gasteiger partial charge in [-0.05, 0) is 75.6 Å². The third kappa shape index (κ3) is 5.06. The lowest BCUT2D eigenvalue weighted by Crippen LogP contribution is -2.29. The van der Waals surface area contributed by atoms with Crippen LogP contribution in [-0.2, 0) is 12.8 Å². The average Bonchev–Trinajstić information content (AvgIpc) is 2.72. The van der Waals surface area contributed by atoms with Crippen LogP contribution < -0.4 is 21.8 Å². The minimum Gasteiger partial charge on any atom is -0.326 e. The van der Waals surface area contributed by atoms with Crippen LogP contribution in [0, 0.1) is 0 Å². The number of rotatable bonds is 8. The summed E-state index contributed by atoms with van der Waals surface area (Å²) >= 11 is 0. The fourth-order valence-corrected chi connectivity index (χ4v) is 4.80. The quantitative estimate of drug-likeness (QED) is 0.517. The van der Waals surface area contributed by atoms with Gasteiger partial charge in [0.25, 0.3) is 0 Å². The second kappa shape index (κ2) is 9.55. The summed E-state index contributed by atoms with van der Waals surface area (Å²) in [6, 6.07) is 8.01. The van der Waals surface area contributed by atoms with Crippen molar-refractivity contribution in [2.75, 3.05) is 13.1 Å². The number of hydrogen-bond acceptors (Lipinski definition) is 4. The van der Waals surface area contributed by atoms with E-state index in [0.29, 0.717) is 12.1 Å². The van der Waals surface area contributed by atoms with Gasteiger partial charge in [0.15, 0.2) is 0 Å². The van der Waals surface area contributed by atoms with Crippen LogP contribution in [0.4, 0.5) is 0 Å². The van der Waals surface area contributed by atoms with Crippen LogP contribution in [0.25, 0.3) is 0 Å². The Morgan fingerprint density at radius 1 is 0.724 bits per heavy atom. The van der Waals surface area contributed by atoms with E-state index in [2.05, 4.69) is 20.6 Å². The molecule has 0 fully saturated rings. The van der Waals surface area contributed by atoms with E-state index < -0.39 is 0 Å². The lowest BCUT2D eigenvalue weighted by molar-refractivity contribution is 0.429. The molecule has 0 saturated heterocycles. The summed E-state index contributed by atoms with van der Waals surface area (Å²) in [5.41, 5.74) is 4.77.